The molecule has 0 aromatic heterocycles. The predicted octanol–water partition coefficient (Wildman–Crippen LogP) is 5.86. The maximum absolute atomic E-state index is 6.14. The molecule has 1 unspecified atom stereocenters. The highest BCUT2D eigenvalue weighted by atomic mass is 32.7. The van der Waals surface area contributed by atoms with Crippen LogP contribution in [0, 0.1) is 0 Å². The standard InChI is InChI=1S/C16H20NO2PS/c1-3-14-17-20(18-2,19-15-10-6-4-7-11-15)21-16-12-8-5-9-13-16/h4-13H,3,14H2,1-2H3. The van der Waals surface area contributed by atoms with Gasteiger partial charge >= 0.3 is 6.71 Å². The van der Waals surface area contributed by atoms with Crippen molar-refractivity contribution in [3.05, 3.63) is 60.7 Å². The molecular formula is C16H20NO2PS. The van der Waals surface area contributed by atoms with E-state index in [2.05, 4.69) is 6.92 Å². The molecule has 112 valence electrons. The van der Waals surface area contributed by atoms with Gasteiger partial charge in [0.2, 0.25) is 0 Å². The van der Waals surface area contributed by atoms with E-state index in [1.807, 2.05) is 60.7 Å². The number of benzene rings is 2. The molecule has 0 spiro atoms. The molecule has 0 heterocycles. The summed E-state index contributed by atoms with van der Waals surface area (Å²) in [5.74, 6) is 0.788. The third kappa shape index (κ3) is 4.92. The zero-order chi connectivity index (χ0) is 15.0. The Bertz CT molecular complexity index is 544. The summed E-state index contributed by atoms with van der Waals surface area (Å²) in [7, 11) is 1.67. The lowest BCUT2D eigenvalue weighted by molar-refractivity contribution is 0.398. The van der Waals surface area contributed by atoms with Gasteiger partial charge in [-0.25, -0.2) is 4.74 Å². The minimum absolute atomic E-state index is 0.730. The Morgan fingerprint density at radius 3 is 2.19 bits per heavy atom. The number of para-hydroxylation sites is 1. The monoisotopic (exact) mass is 321 g/mol. The number of hydrogen-bond acceptors (Lipinski definition) is 4. The lowest BCUT2D eigenvalue weighted by Crippen LogP contribution is -1.94. The van der Waals surface area contributed by atoms with Crippen LogP contribution >= 0.6 is 18.1 Å². The van der Waals surface area contributed by atoms with E-state index in [1.54, 1.807) is 18.5 Å². The van der Waals surface area contributed by atoms with Crippen molar-refractivity contribution in [1.29, 1.82) is 0 Å². The SMILES string of the molecule is CCCN=P(OC)(Oc1ccccc1)Sc1ccccc1. The summed E-state index contributed by atoms with van der Waals surface area (Å²) in [6, 6.07) is 19.8. The van der Waals surface area contributed by atoms with Gasteiger partial charge in [0.25, 0.3) is 0 Å². The zero-order valence-corrected chi connectivity index (χ0v) is 14.0. The van der Waals surface area contributed by atoms with Crippen LogP contribution in [0.2, 0.25) is 0 Å². The zero-order valence-electron chi connectivity index (χ0n) is 12.3. The molecule has 0 bridgehead atoms. The normalized spacial score (nSPS) is 13.4. The van der Waals surface area contributed by atoms with Gasteiger partial charge in [-0.2, -0.15) is 0 Å². The Morgan fingerprint density at radius 2 is 1.62 bits per heavy atom. The first-order chi connectivity index (χ1) is 10.3. The van der Waals surface area contributed by atoms with Gasteiger partial charge in [0.1, 0.15) is 5.75 Å². The molecule has 0 amide bonds. The van der Waals surface area contributed by atoms with E-state index < -0.39 is 6.71 Å². The molecule has 2 aromatic carbocycles. The van der Waals surface area contributed by atoms with Crippen LogP contribution in [0.3, 0.4) is 0 Å². The quantitative estimate of drug-likeness (QED) is 0.598. The molecule has 0 saturated heterocycles. The van der Waals surface area contributed by atoms with E-state index in [9.17, 15) is 0 Å². The van der Waals surface area contributed by atoms with Gasteiger partial charge in [-0.1, -0.05) is 43.3 Å². The summed E-state index contributed by atoms with van der Waals surface area (Å²) < 4.78 is 16.6. The van der Waals surface area contributed by atoms with E-state index >= 15 is 0 Å². The Kier molecular flexibility index (Phi) is 6.37. The number of nitrogens with zero attached hydrogens (tertiary/aromatic N) is 1. The summed E-state index contributed by atoms with van der Waals surface area (Å²) in [5.41, 5.74) is 0. The minimum Gasteiger partial charge on any atom is -0.431 e. The molecule has 2 rings (SSSR count). The first kappa shape index (κ1) is 16.2. The van der Waals surface area contributed by atoms with Crippen molar-refractivity contribution in [2.75, 3.05) is 13.7 Å². The van der Waals surface area contributed by atoms with Crippen molar-refractivity contribution < 1.29 is 9.05 Å². The van der Waals surface area contributed by atoms with E-state index in [1.165, 1.54) is 0 Å². The molecule has 0 saturated carbocycles. The fourth-order valence-corrected chi connectivity index (χ4v) is 5.63. The Labute approximate surface area is 130 Å². The summed E-state index contributed by atoms with van der Waals surface area (Å²) in [6.07, 6.45) is 0.971. The molecular weight excluding hydrogens is 301 g/mol. The third-order valence-electron chi connectivity index (χ3n) is 2.66. The van der Waals surface area contributed by atoms with E-state index in [0.29, 0.717) is 0 Å². The fourth-order valence-electron chi connectivity index (χ4n) is 1.66. The Balaban J connectivity index is 2.29. The van der Waals surface area contributed by atoms with Crippen molar-refractivity contribution in [2.45, 2.75) is 18.2 Å². The average molecular weight is 321 g/mol. The van der Waals surface area contributed by atoms with Crippen LogP contribution in [0.1, 0.15) is 13.3 Å². The summed E-state index contributed by atoms with van der Waals surface area (Å²) >= 11 is 1.57. The van der Waals surface area contributed by atoms with Crippen LogP contribution in [0.4, 0.5) is 0 Å². The molecule has 0 aliphatic heterocycles. The first-order valence-corrected chi connectivity index (χ1v) is 9.91. The van der Waals surface area contributed by atoms with Crippen LogP contribution in [0.25, 0.3) is 0 Å². The van der Waals surface area contributed by atoms with Gasteiger partial charge in [0, 0.05) is 18.6 Å². The maximum Gasteiger partial charge on any atom is 0.328 e. The van der Waals surface area contributed by atoms with Crippen molar-refractivity contribution >= 4 is 18.1 Å². The van der Waals surface area contributed by atoms with Crippen LogP contribution in [-0.4, -0.2) is 13.7 Å². The summed E-state index contributed by atoms with van der Waals surface area (Å²) in [5, 5.41) is 0. The first-order valence-electron chi connectivity index (χ1n) is 6.91. The minimum atomic E-state index is -2.40. The van der Waals surface area contributed by atoms with Gasteiger partial charge < -0.3 is 9.05 Å². The van der Waals surface area contributed by atoms with Gasteiger partial charge in [-0.05, 0) is 42.1 Å². The molecule has 0 fully saturated rings. The lowest BCUT2D eigenvalue weighted by atomic mass is 10.3. The smallest absolute Gasteiger partial charge is 0.328 e. The largest absolute Gasteiger partial charge is 0.431 e. The highest BCUT2D eigenvalue weighted by molar-refractivity contribution is 8.56. The molecule has 0 radical (unpaired) electrons. The van der Waals surface area contributed by atoms with Crippen LogP contribution < -0.4 is 4.52 Å². The van der Waals surface area contributed by atoms with Gasteiger partial charge in [-0.3, -0.25) is 0 Å². The molecule has 0 N–H and O–H groups in total. The Morgan fingerprint density at radius 1 is 1.00 bits per heavy atom. The van der Waals surface area contributed by atoms with Crippen molar-refractivity contribution in [3.8, 4) is 5.75 Å². The second-order valence-corrected chi connectivity index (χ2v) is 8.68. The van der Waals surface area contributed by atoms with Crippen LogP contribution in [-0.2, 0) is 4.52 Å². The predicted molar refractivity (Wildman–Crippen MR) is 90.9 cm³/mol. The molecule has 2 aromatic rings. The Hall–Kier alpha value is -1.22. The van der Waals surface area contributed by atoms with Crippen molar-refractivity contribution in [2.24, 2.45) is 4.74 Å². The molecule has 0 aliphatic rings. The molecule has 21 heavy (non-hydrogen) atoms. The third-order valence-corrected chi connectivity index (χ3v) is 7.16. The highest BCUT2D eigenvalue weighted by Gasteiger charge is 2.24. The molecule has 1 atom stereocenters. The number of hydrogen-bond donors (Lipinski definition) is 0. The summed E-state index contributed by atoms with van der Waals surface area (Å²) in [6.45, 7) is 0.435. The number of rotatable bonds is 7. The van der Waals surface area contributed by atoms with Crippen molar-refractivity contribution in [1.82, 2.24) is 0 Å². The van der Waals surface area contributed by atoms with E-state index in [4.69, 9.17) is 13.8 Å². The van der Waals surface area contributed by atoms with E-state index in [0.717, 1.165) is 23.6 Å². The fraction of sp³-hybridized carbons (Fsp3) is 0.250. The molecule has 5 heteroatoms. The van der Waals surface area contributed by atoms with E-state index in [-0.39, 0.29) is 0 Å². The van der Waals surface area contributed by atoms with Crippen LogP contribution in [0.5, 0.6) is 5.75 Å². The second-order valence-electron chi connectivity index (χ2n) is 4.32. The highest BCUT2D eigenvalue weighted by Crippen LogP contribution is 2.65. The van der Waals surface area contributed by atoms with Gasteiger partial charge in [0.05, 0.1) is 0 Å². The topological polar surface area (TPSA) is 30.8 Å². The van der Waals surface area contributed by atoms with Crippen LogP contribution in [0.15, 0.2) is 70.3 Å². The van der Waals surface area contributed by atoms with Gasteiger partial charge in [0.15, 0.2) is 0 Å². The second kappa shape index (κ2) is 8.28. The average Bonchev–Trinajstić information content (AvgIpc) is 2.54. The summed E-state index contributed by atoms with van der Waals surface area (Å²) in [4.78, 5) is 1.10. The lowest BCUT2D eigenvalue weighted by Gasteiger charge is -2.22. The van der Waals surface area contributed by atoms with Gasteiger partial charge in [-0.15, -0.1) is 0 Å². The maximum atomic E-state index is 6.14. The molecule has 0 aliphatic carbocycles. The molecule has 3 nitrogen and oxygen atoms in total. The van der Waals surface area contributed by atoms with Crippen molar-refractivity contribution in [3.63, 3.8) is 0 Å².